The molecule has 0 atom stereocenters. The van der Waals surface area contributed by atoms with Crippen LogP contribution in [0.5, 0.6) is 0 Å². The van der Waals surface area contributed by atoms with E-state index in [2.05, 4.69) is 15.9 Å². The van der Waals surface area contributed by atoms with Crippen LogP contribution in [0.1, 0.15) is 10.4 Å². The molecule has 4 heteroatoms. The van der Waals surface area contributed by atoms with Crippen molar-refractivity contribution in [1.29, 1.82) is 0 Å². The van der Waals surface area contributed by atoms with Gasteiger partial charge in [-0.3, -0.25) is 4.79 Å². The molecule has 0 unspecified atom stereocenters. The van der Waals surface area contributed by atoms with Crippen LogP contribution in [0, 0.1) is 11.6 Å². The summed E-state index contributed by atoms with van der Waals surface area (Å²) in [5.41, 5.74) is 0.645. The third-order valence-corrected chi connectivity index (χ3v) is 3.00. The molecule has 17 heavy (non-hydrogen) atoms. The van der Waals surface area contributed by atoms with E-state index in [0.29, 0.717) is 16.3 Å². The van der Waals surface area contributed by atoms with Gasteiger partial charge in [0.15, 0.2) is 6.29 Å². The summed E-state index contributed by atoms with van der Waals surface area (Å²) in [6, 6.07) is 8.77. The molecule has 2 rings (SSSR count). The van der Waals surface area contributed by atoms with Crippen molar-refractivity contribution in [2.24, 2.45) is 0 Å². The van der Waals surface area contributed by atoms with Gasteiger partial charge in [-0.15, -0.1) is 0 Å². The molecule has 1 nitrogen and oxygen atoms in total. The Morgan fingerprint density at radius 2 is 1.88 bits per heavy atom. The van der Waals surface area contributed by atoms with Gasteiger partial charge in [-0.2, -0.15) is 0 Å². The molecule has 0 bridgehead atoms. The average molecular weight is 297 g/mol. The van der Waals surface area contributed by atoms with Gasteiger partial charge in [-0.1, -0.05) is 18.2 Å². The zero-order valence-electron chi connectivity index (χ0n) is 8.58. The predicted octanol–water partition coefficient (Wildman–Crippen LogP) is 4.21. The Kier molecular flexibility index (Phi) is 3.33. The lowest BCUT2D eigenvalue weighted by Gasteiger charge is -2.05. The maximum Gasteiger partial charge on any atom is 0.152 e. The summed E-state index contributed by atoms with van der Waals surface area (Å²) in [6.07, 6.45) is 0.427. The smallest absolute Gasteiger partial charge is 0.152 e. The van der Waals surface area contributed by atoms with E-state index in [1.165, 1.54) is 12.1 Å². The number of hydrogen-bond donors (Lipinski definition) is 0. The minimum absolute atomic E-state index is 0.0378. The minimum atomic E-state index is -0.656. The summed E-state index contributed by atoms with van der Waals surface area (Å²) in [5, 5.41) is 0. The number of hydrogen-bond acceptors (Lipinski definition) is 1. The van der Waals surface area contributed by atoms with Crippen LogP contribution in [0.15, 0.2) is 40.9 Å². The fourth-order valence-electron chi connectivity index (χ4n) is 1.52. The highest BCUT2D eigenvalue weighted by Gasteiger charge is 2.10. The second kappa shape index (κ2) is 4.75. The fraction of sp³-hybridized carbons (Fsp3) is 0. The minimum Gasteiger partial charge on any atom is -0.298 e. The summed E-state index contributed by atoms with van der Waals surface area (Å²) in [5.74, 6) is -1.11. The first-order valence-corrected chi connectivity index (χ1v) is 5.62. The van der Waals surface area contributed by atoms with Crippen molar-refractivity contribution in [3.63, 3.8) is 0 Å². The molecule has 0 aromatic heterocycles. The second-order valence-corrected chi connectivity index (χ2v) is 4.31. The van der Waals surface area contributed by atoms with Crippen molar-refractivity contribution in [3.05, 3.63) is 58.1 Å². The molecule has 0 aliphatic rings. The molecule has 0 aliphatic heterocycles. The topological polar surface area (TPSA) is 17.1 Å². The molecule has 0 N–H and O–H groups in total. The van der Waals surface area contributed by atoms with Crippen LogP contribution in [-0.2, 0) is 0 Å². The quantitative estimate of drug-likeness (QED) is 0.759. The number of carbonyl (C=O) groups excluding carboxylic acids is 1. The van der Waals surface area contributed by atoms with Crippen molar-refractivity contribution in [2.45, 2.75) is 0 Å². The third-order valence-electron chi connectivity index (χ3n) is 2.39. The average Bonchev–Trinajstić information content (AvgIpc) is 2.32. The van der Waals surface area contributed by atoms with Gasteiger partial charge in [0, 0.05) is 5.56 Å². The predicted molar refractivity (Wildman–Crippen MR) is 64.9 cm³/mol. The molecule has 0 saturated carbocycles. The van der Waals surface area contributed by atoms with Crippen molar-refractivity contribution >= 4 is 22.2 Å². The summed E-state index contributed by atoms with van der Waals surface area (Å²) < 4.78 is 27.5. The highest BCUT2D eigenvalue weighted by Crippen LogP contribution is 2.28. The molecule has 0 fully saturated rings. The first-order chi connectivity index (χ1) is 8.13. The van der Waals surface area contributed by atoms with Crippen LogP contribution in [0.3, 0.4) is 0 Å². The first-order valence-electron chi connectivity index (χ1n) is 4.82. The third kappa shape index (κ3) is 2.26. The summed E-state index contributed by atoms with van der Waals surface area (Å²) in [4.78, 5) is 10.5. The Hall–Kier alpha value is -1.55. The van der Waals surface area contributed by atoms with Crippen molar-refractivity contribution in [1.82, 2.24) is 0 Å². The van der Waals surface area contributed by atoms with Crippen molar-refractivity contribution in [2.75, 3.05) is 0 Å². The monoisotopic (exact) mass is 296 g/mol. The standard InChI is InChI=1S/C13H7BrF2O/c14-11-3-1-2-10(13(11)16)8-4-5-9(7-17)12(15)6-8/h1-7H. The zero-order valence-corrected chi connectivity index (χ0v) is 10.2. The molecule has 0 heterocycles. The Balaban J connectivity index is 2.57. The van der Waals surface area contributed by atoms with E-state index < -0.39 is 11.6 Å². The number of aldehydes is 1. The van der Waals surface area contributed by atoms with E-state index >= 15 is 0 Å². The lowest BCUT2D eigenvalue weighted by atomic mass is 10.0. The maximum absolute atomic E-state index is 13.8. The van der Waals surface area contributed by atoms with Gasteiger partial charge in [0.05, 0.1) is 10.0 Å². The van der Waals surface area contributed by atoms with Crippen LogP contribution < -0.4 is 0 Å². The van der Waals surface area contributed by atoms with E-state index in [0.717, 1.165) is 6.07 Å². The Morgan fingerprint density at radius 3 is 2.53 bits per heavy atom. The van der Waals surface area contributed by atoms with Crippen LogP contribution in [-0.4, -0.2) is 6.29 Å². The molecule has 0 spiro atoms. The lowest BCUT2D eigenvalue weighted by Crippen LogP contribution is -1.91. The van der Waals surface area contributed by atoms with Crippen molar-refractivity contribution < 1.29 is 13.6 Å². The highest BCUT2D eigenvalue weighted by atomic mass is 79.9. The summed E-state index contributed by atoms with van der Waals surface area (Å²) >= 11 is 3.07. The van der Waals surface area contributed by atoms with Gasteiger partial charge in [-0.05, 0) is 39.7 Å². The molecule has 0 radical (unpaired) electrons. The molecule has 2 aromatic carbocycles. The SMILES string of the molecule is O=Cc1ccc(-c2cccc(Br)c2F)cc1F. The number of rotatable bonds is 2. The van der Waals surface area contributed by atoms with Gasteiger partial charge < -0.3 is 0 Å². The summed E-state index contributed by atoms with van der Waals surface area (Å²) in [6.45, 7) is 0. The Bertz CT molecular complexity index is 582. The molecular weight excluding hydrogens is 290 g/mol. The van der Waals surface area contributed by atoms with Gasteiger partial charge in [0.2, 0.25) is 0 Å². The molecule has 0 aliphatic carbocycles. The van der Waals surface area contributed by atoms with Crippen molar-refractivity contribution in [3.8, 4) is 11.1 Å². The van der Waals surface area contributed by atoms with Crippen LogP contribution in [0.4, 0.5) is 8.78 Å². The zero-order chi connectivity index (χ0) is 12.4. The van der Waals surface area contributed by atoms with E-state index in [1.54, 1.807) is 18.2 Å². The molecule has 2 aromatic rings. The molecular formula is C13H7BrF2O. The van der Waals surface area contributed by atoms with E-state index in [1.807, 2.05) is 0 Å². The largest absolute Gasteiger partial charge is 0.298 e. The molecule has 0 amide bonds. The normalized spacial score (nSPS) is 10.3. The van der Waals surface area contributed by atoms with Crippen LogP contribution in [0.25, 0.3) is 11.1 Å². The van der Waals surface area contributed by atoms with Gasteiger partial charge in [-0.25, -0.2) is 8.78 Å². The lowest BCUT2D eigenvalue weighted by molar-refractivity contribution is 0.112. The second-order valence-electron chi connectivity index (χ2n) is 3.46. The number of benzene rings is 2. The number of carbonyl (C=O) groups is 1. The maximum atomic E-state index is 13.8. The number of halogens is 3. The molecule has 0 saturated heterocycles. The van der Waals surface area contributed by atoms with Gasteiger partial charge >= 0.3 is 0 Å². The van der Waals surface area contributed by atoms with Gasteiger partial charge in [0.25, 0.3) is 0 Å². The Morgan fingerprint density at radius 1 is 1.12 bits per heavy atom. The van der Waals surface area contributed by atoms with Crippen LogP contribution >= 0.6 is 15.9 Å². The van der Waals surface area contributed by atoms with Crippen LogP contribution in [0.2, 0.25) is 0 Å². The van der Waals surface area contributed by atoms with E-state index in [-0.39, 0.29) is 11.1 Å². The van der Waals surface area contributed by atoms with Gasteiger partial charge in [0.1, 0.15) is 11.6 Å². The highest BCUT2D eigenvalue weighted by molar-refractivity contribution is 9.10. The van der Waals surface area contributed by atoms with E-state index in [4.69, 9.17) is 0 Å². The Labute approximate surface area is 105 Å². The fourth-order valence-corrected chi connectivity index (χ4v) is 1.88. The molecule has 86 valence electrons. The first kappa shape index (κ1) is 11.9. The van der Waals surface area contributed by atoms with E-state index in [9.17, 15) is 13.6 Å². The summed E-state index contributed by atoms with van der Waals surface area (Å²) in [7, 11) is 0.